The van der Waals surface area contributed by atoms with Crippen molar-refractivity contribution < 1.29 is 18.3 Å². The number of morpholine rings is 1. The van der Waals surface area contributed by atoms with Crippen LogP contribution in [0.1, 0.15) is 30.4 Å². The maximum Gasteiger partial charge on any atom is 0.243 e. The summed E-state index contributed by atoms with van der Waals surface area (Å²) in [5, 5.41) is 10.2. The summed E-state index contributed by atoms with van der Waals surface area (Å²) in [5.41, 5.74) is 1.81. The molecule has 2 fully saturated rings. The van der Waals surface area contributed by atoms with E-state index in [2.05, 4.69) is 0 Å². The van der Waals surface area contributed by atoms with E-state index >= 15 is 0 Å². The van der Waals surface area contributed by atoms with Crippen molar-refractivity contribution in [2.75, 3.05) is 19.8 Å². The molecule has 1 aliphatic carbocycles. The molecular formula is C17H25NO4S. The maximum atomic E-state index is 13.2. The minimum absolute atomic E-state index is 0.0316. The van der Waals surface area contributed by atoms with Gasteiger partial charge >= 0.3 is 0 Å². The fraction of sp³-hybridized carbons (Fsp3) is 0.647. The minimum atomic E-state index is -3.58. The van der Waals surface area contributed by atoms with E-state index in [9.17, 15) is 13.5 Å². The fourth-order valence-electron chi connectivity index (χ4n) is 3.88. The first-order valence-corrected chi connectivity index (χ1v) is 9.70. The Hall–Kier alpha value is -0.950. The third-order valence-electron chi connectivity index (χ3n) is 5.06. The van der Waals surface area contributed by atoms with Crippen LogP contribution in [0, 0.1) is 19.8 Å². The number of aryl methyl sites for hydroxylation is 2. The summed E-state index contributed by atoms with van der Waals surface area (Å²) in [6.45, 7) is 4.91. The van der Waals surface area contributed by atoms with Crippen LogP contribution in [0.4, 0.5) is 0 Å². The molecule has 0 bridgehead atoms. The average molecular weight is 339 g/mol. The van der Waals surface area contributed by atoms with Gasteiger partial charge in [-0.25, -0.2) is 8.42 Å². The summed E-state index contributed by atoms with van der Waals surface area (Å²) >= 11 is 0. The van der Waals surface area contributed by atoms with Crippen molar-refractivity contribution in [3.63, 3.8) is 0 Å². The molecule has 1 aliphatic heterocycles. The molecule has 1 saturated carbocycles. The molecule has 0 aromatic heterocycles. The van der Waals surface area contributed by atoms with Gasteiger partial charge in [-0.15, -0.1) is 0 Å². The molecule has 3 atom stereocenters. The standard InChI is InChI=1S/C17H25NO4S/c1-12-6-7-17(13(2)10-12)23(20,21)18-8-9-22-11-15(18)14-4-3-5-16(14)19/h6-7,10,14-16,19H,3-5,8-9,11H2,1-2H3/t14-,15+,16-/m0/s1. The fourth-order valence-corrected chi connectivity index (χ4v) is 5.72. The van der Waals surface area contributed by atoms with E-state index in [0.29, 0.717) is 24.7 Å². The van der Waals surface area contributed by atoms with Crippen molar-refractivity contribution in [2.45, 2.75) is 50.2 Å². The van der Waals surface area contributed by atoms with Crippen LogP contribution < -0.4 is 0 Å². The minimum Gasteiger partial charge on any atom is -0.393 e. The van der Waals surface area contributed by atoms with E-state index in [4.69, 9.17) is 4.74 Å². The zero-order chi connectivity index (χ0) is 16.6. The summed E-state index contributed by atoms with van der Waals surface area (Å²) in [6.07, 6.45) is 2.12. The van der Waals surface area contributed by atoms with Crippen LogP contribution in [0.15, 0.2) is 23.1 Å². The molecule has 1 N–H and O–H groups in total. The monoisotopic (exact) mass is 339 g/mol. The number of ether oxygens (including phenoxy) is 1. The Labute approximate surface area is 138 Å². The summed E-state index contributed by atoms with van der Waals surface area (Å²) in [5.74, 6) is -0.0316. The number of sulfonamides is 1. The Balaban J connectivity index is 1.95. The van der Waals surface area contributed by atoms with E-state index in [1.54, 1.807) is 10.4 Å². The van der Waals surface area contributed by atoms with Crippen molar-refractivity contribution in [2.24, 2.45) is 5.92 Å². The third kappa shape index (κ3) is 3.18. The summed E-state index contributed by atoms with van der Waals surface area (Å²) in [6, 6.07) is 5.15. The van der Waals surface area contributed by atoms with Gasteiger partial charge < -0.3 is 9.84 Å². The Morgan fingerprint density at radius 2 is 2.04 bits per heavy atom. The van der Waals surface area contributed by atoms with Gasteiger partial charge in [0.1, 0.15) is 0 Å². The maximum absolute atomic E-state index is 13.2. The molecule has 0 amide bonds. The predicted molar refractivity (Wildman–Crippen MR) is 87.8 cm³/mol. The normalized spacial score (nSPS) is 29.8. The number of aliphatic hydroxyl groups excluding tert-OH is 1. The Morgan fingerprint density at radius 3 is 2.70 bits per heavy atom. The number of rotatable bonds is 3. The van der Waals surface area contributed by atoms with Gasteiger partial charge in [0, 0.05) is 12.5 Å². The van der Waals surface area contributed by atoms with Gasteiger partial charge in [0.25, 0.3) is 0 Å². The highest BCUT2D eigenvalue weighted by molar-refractivity contribution is 7.89. The van der Waals surface area contributed by atoms with Gasteiger partial charge in [-0.3, -0.25) is 0 Å². The number of nitrogens with zero attached hydrogens (tertiary/aromatic N) is 1. The smallest absolute Gasteiger partial charge is 0.243 e. The van der Waals surface area contributed by atoms with Crippen molar-refractivity contribution in [3.05, 3.63) is 29.3 Å². The van der Waals surface area contributed by atoms with E-state index < -0.39 is 16.1 Å². The van der Waals surface area contributed by atoms with Gasteiger partial charge in [0.15, 0.2) is 0 Å². The van der Waals surface area contributed by atoms with Crippen LogP contribution in [0.25, 0.3) is 0 Å². The van der Waals surface area contributed by atoms with Crippen LogP contribution in [-0.2, 0) is 14.8 Å². The van der Waals surface area contributed by atoms with Crippen LogP contribution in [0.5, 0.6) is 0 Å². The van der Waals surface area contributed by atoms with Gasteiger partial charge in [0.05, 0.1) is 30.3 Å². The van der Waals surface area contributed by atoms with E-state index in [0.717, 1.165) is 30.4 Å². The second kappa shape index (κ2) is 6.51. The molecule has 1 aromatic carbocycles. The Kier molecular flexibility index (Phi) is 4.78. The molecular weight excluding hydrogens is 314 g/mol. The van der Waals surface area contributed by atoms with Gasteiger partial charge in [0.2, 0.25) is 10.0 Å². The van der Waals surface area contributed by atoms with Crippen LogP contribution >= 0.6 is 0 Å². The number of hydrogen-bond donors (Lipinski definition) is 1. The molecule has 1 saturated heterocycles. The van der Waals surface area contributed by atoms with Crippen molar-refractivity contribution >= 4 is 10.0 Å². The van der Waals surface area contributed by atoms with Crippen molar-refractivity contribution in [1.29, 1.82) is 0 Å². The molecule has 5 nitrogen and oxygen atoms in total. The zero-order valence-electron chi connectivity index (χ0n) is 13.7. The SMILES string of the molecule is Cc1ccc(S(=O)(=O)N2CCOC[C@@H]2[C@@H]2CCC[C@@H]2O)c(C)c1. The molecule has 2 aliphatic rings. The average Bonchev–Trinajstić information content (AvgIpc) is 2.93. The largest absolute Gasteiger partial charge is 0.393 e. The highest BCUT2D eigenvalue weighted by atomic mass is 32.2. The molecule has 3 rings (SSSR count). The Bertz CT molecular complexity index is 673. The van der Waals surface area contributed by atoms with Crippen LogP contribution in [0.2, 0.25) is 0 Å². The first-order chi connectivity index (χ1) is 10.9. The van der Waals surface area contributed by atoms with Crippen molar-refractivity contribution in [1.82, 2.24) is 4.31 Å². The second-order valence-electron chi connectivity index (χ2n) is 6.69. The Morgan fingerprint density at radius 1 is 1.26 bits per heavy atom. The zero-order valence-corrected chi connectivity index (χ0v) is 14.6. The topological polar surface area (TPSA) is 66.8 Å². The van der Waals surface area contributed by atoms with E-state index in [-0.39, 0.29) is 12.0 Å². The summed E-state index contributed by atoms with van der Waals surface area (Å²) in [7, 11) is -3.58. The van der Waals surface area contributed by atoms with Crippen LogP contribution in [-0.4, -0.2) is 49.7 Å². The van der Waals surface area contributed by atoms with Gasteiger partial charge in [-0.1, -0.05) is 24.1 Å². The van der Waals surface area contributed by atoms with E-state index in [1.807, 2.05) is 26.0 Å². The van der Waals surface area contributed by atoms with Crippen LogP contribution in [0.3, 0.4) is 0 Å². The van der Waals surface area contributed by atoms with Crippen molar-refractivity contribution in [3.8, 4) is 0 Å². The summed E-state index contributed by atoms with van der Waals surface area (Å²) in [4.78, 5) is 0.363. The molecule has 0 radical (unpaired) electrons. The lowest BCUT2D eigenvalue weighted by Crippen LogP contribution is -2.53. The quantitative estimate of drug-likeness (QED) is 0.913. The second-order valence-corrected chi connectivity index (χ2v) is 8.55. The molecule has 1 heterocycles. The molecule has 6 heteroatoms. The molecule has 0 spiro atoms. The third-order valence-corrected chi connectivity index (χ3v) is 7.14. The molecule has 23 heavy (non-hydrogen) atoms. The number of hydrogen-bond acceptors (Lipinski definition) is 4. The highest BCUT2D eigenvalue weighted by Crippen LogP contribution is 2.35. The van der Waals surface area contributed by atoms with Gasteiger partial charge in [-0.05, 0) is 38.3 Å². The first kappa shape index (κ1) is 16.9. The predicted octanol–water partition coefficient (Wildman–Crippen LogP) is 1.85. The van der Waals surface area contributed by atoms with E-state index in [1.165, 1.54) is 0 Å². The molecule has 128 valence electrons. The van der Waals surface area contributed by atoms with Gasteiger partial charge in [-0.2, -0.15) is 4.31 Å². The highest BCUT2D eigenvalue weighted by Gasteiger charge is 2.42. The lowest BCUT2D eigenvalue weighted by atomic mass is 9.96. The number of aliphatic hydroxyl groups is 1. The summed E-state index contributed by atoms with van der Waals surface area (Å²) < 4.78 is 33.5. The molecule has 0 unspecified atom stereocenters. The molecule has 1 aromatic rings. The number of benzene rings is 1. The lowest BCUT2D eigenvalue weighted by molar-refractivity contribution is -0.0148. The lowest BCUT2D eigenvalue weighted by Gasteiger charge is -2.39. The first-order valence-electron chi connectivity index (χ1n) is 8.26.